The van der Waals surface area contributed by atoms with Crippen molar-refractivity contribution in [2.24, 2.45) is 17.1 Å². The Morgan fingerprint density at radius 3 is 2.33 bits per heavy atom. The number of hydrogen-bond acceptors (Lipinski definition) is 10. The number of unbranched alkanes of at least 4 members (excludes halogenated alkanes) is 2. The van der Waals surface area contributed by atoms with Gasteiger partial charge in [-0.3, -0.25) is 33.7 Å². The Morgan fingerprint density at radius 1 is 0.894 bits per heavy atom. The molecule has 3 aromatic rings. The largest absolute Gasteiger partial charge is 0.445 e. The highest BCUT2D eigenvalue weighted by Crippen LogP contribution is 2.36. The average Bonchev–Trinajstić information content (AvgIpc) is 3.86. The summed E-state index contributed by atoms with van der Waals surface area (Å²) < 4.78 is 5.24. The number of fused-ring (bicyclic) bond motifs is 1. The van der Waals surface area contributed by atoms with Gasteiger partial charge in [0.15, 0.2) is 0 Å². The summed E-state index contributed by atoms with van der Waals surface area (Å²) in [6.07, 6.45) is 6.58. The molecule has 19 heteroatoms. The molecule has 4 rings (SSSR count). The third-order valence-corrected chi connectivity index (χ3v) is 13.2. The van der Waals surface area contributed by atoms with Crippen molar-refractivity contribution in [3.05, 3.63) is 60.3 Å². The monoisotopic (exact) mass is 933 g/mol. The fourth-order valence-electron chi connectivity index (χ4n) is 7.44. The average molecular weight is 934 g/mol. The number of aromatic nitrogens is 1. The Balaban J connectivity index is 1.21. The van der Waals surface area contributed by atoms with Crippen molar-refractivity contribution in [1.29, 1.82) is 0 Å². The zero-order valence-electron chi connectivity index (χ0n) is 38.7. The lowest BCUT2D eigenvalue weighted by atomic mass is 9.85. The number of nitrogens with zero attached hydrogens (tertiary/aromatic N) is 1. The molecule has 9 amide bonds. The number of anilines is 2. The van der Waals surface area contributed by atoms with Crippen molar-refractivity contribution in [1.82, 2.24) is 31.2 Å². The van der Waals surface area contributed by atoms with Gasteiger partial charge in [0.1, 0.15) is 25.2 Å². The number of ether oxygens (including phenoxy) is 1. The second kappa shape index (κ2) is 26.1. The first-order valence-electron chi connectivity index (χ1n) is 22.8. The Hall–Kier alpha value is -6.11. The zero-order valence-corrected chi connectivity index (χ0v) is 39.5. The van der Waals surface area contributed by atoms with Gasteiger partial charge in [0.05, 0.1) is 5.25 Å². The van der Waals surface area contributed by atoms with Crippen LogP contribution in [0.5, 0.6) is 0 Å². The fraction of sp³-hybridized carbons (Fsp3) is 0.532. The molecule has 4 atom stereocenters. The SMILES string of the molecule is CCCC(C)(CC)CSC1CC(=O)N(CCCCCC(=O)NC(C(=O)NC(CCCNC(N)=O)C(=O)Nc2ccc(COC(=O)NCC(=O)Nc3ccc4[nH]ccc4c3)cc2)C(C)C)C1=O. The minimum Gasteiger partial charge on any atom is -0.445 e. The molecule has 1 aromatic heterocycles. The Bertz CT molecular complexity index is 2150. The Kier molecular flexibility index (Phi) is 20.8. The minimum atomic E-state index is -1.05. The molecular formula is C47H67N9O9S. The molecule has 66 heavy (non-hydrogen) atoms. The number of alkyl carbamates (subject to hydrolysis) is 1. The number of carbonyl (C=O) groups is 8. The van der Waals surface area contributed by atoms with Gasteiger partial charge < -0.3 is 47.4 Å². The molecule has 1 aliphatic heterocycles. The summed E-state index contributed by atoms with van der Waals surface area (Å²) >= 11 is 1.58. The van der Waals surface area contributed by atoms with Crippen LogP contribution in [0.1, 0.15) is 104 Å². The third-order valence-electron chi connectivity index (χ3n) is 11.5. The van der Waals surface area contributed by atoms with Crippen molar-refractivity contribution in [3.63, 3.8) is 0 Å². The highest BCUT2D eigenvalue weighted by molar-refractivity contribution is 8.00. The van der Waals surface area contributed by atoms with E-state index in [1.807, 2.05) is 18.2 Å². The van der Waals surface area contributed by atoms with E-state index in [0.29, 0.717) is 49.2 Å². The van der Waals surface area contributed by atoms with Crippen molar-refractivity contribution >= 4 is 81.6 Å². The molecular weight excluding hydrogens is 867 g/mol. The van der Waals surface area contributed by atoms with Gasteiger partial charge in [0.25, 0.3) is 0 Å². The number of nitrogens with two attached hydrogens (primary N) is 1. The first-order valence-corrected chi connectivity index (χ1v) is 23.8. The molecule has 0 bridgehead atoms. The lowest BCUT2D eigenvalue weighted by Crippen LogP contribution is -2.54. The van der Waals surface area contributed by atoms with Crippen LogP contribution in [0.2, 0.25) is 0 Å². The van der Waals surface area contributed by atoms with Crippen LogP contribution in [-0.4, -0.2) is 100 Å². The number of aromatic amines is 1. The van der Waals surface area contributed by atoms with Crippen LogP contribution >= 0.6 is 11.8 Å². The van der Waals surface area contributed by atoms with E-state index in [0.717, 1.165) is 35.9 Å². The van der Waals surface area contributed by atoms with Gasteiger partial charge >= 0.3 is 12.1 Å². The van der Waals surface area contributed by atoms with Crippen molar-refractivity contribution < 1.29 is 43.1 Å². The standard InChI is InChI=1S/C47H67N9O9S/c1-6-21-47(5,7-2)29-66-37-26-40(59)56(44(37)62)24-10-8-9-13-38(57)55-41(30(3)4)43(61)54-36(12-11-22-50-45(48)63)42(60)53-33-16-14-31(15-17-33)28-65-46(64)51-27-39(58)52-34-18-19-35-32(25-34)20-23-49-35/h14-20,23,25,30,36-37,41,49H,6-13,21-22,24,26-29H2,1-5H3,(H,51,64)(H,52,58)(H,53,60)(H,54,61)(H,55,57)(H3,48,50,63). The summed E-state index contributed by atoms with van der Waals surface area (Å²) in [7, 11) is 0. The molecule has 360 valence electrons. The molecule has 4 unspecified atom stereocenters. The molecule has 2 aromatic carbocycles. The quantitative estimate of drug-likeness (QED) is 0.0342. The number of urea groups is 1. The van der Waals surface area contributed by atoms with Gasteiger partial charge in [-0.25, -0.2) is 9.59 Å². The van der Waals surface area contributed by atoms with E-state index < -0.39 is 41.9 Å². The molecule has 2 heterocycles. The lowest BCUT2D eigenvalue weighted by Gasteiger charge is -2.28. The highest BCUT2D eigenvalue weighted by atomic mass is 32.2. The predicted octanol–water partition coefficient (Wildman–Crippen LogP) is 5.68. The van der Waals surface area contributed by atoms with Crippen molar-refractivity contribution in [3.8, 4) is 0 Å². The van der Waals surface area contributed by atoms with Crippen LogP contribution in [0.3, 0.4) is 0 Å². The molecule has 0 aliphatic carbocycles. The molecule has 0 saturated carbocycles. The number of amides is 9. The summed E-state index contributed by atoms with van der Waals surface area (Å²) in [5, 5.41) is 16.5. The molecule has 1 aliphatic rings. The Morgan fingerprint density at radius 2 is 1.64 bits per heavy atom. The summed E-state index contributed by atoms with van der Waals surface area (Å²) in [6.45, 7) is 10.1. The second-order valence-electron chi connectivity index (χ2n) is 17.3. The topological polar surface area (TPSA) is 263 Å². The molecule has 1 fully saturated rings. The number of rotatable bonds is 27. The number of carbonyl (C=O) groups excluding carboxylic acids is 8. The van der Waals surface area contributed by atoms with Crippen molar-refractivity contribution in [2.75, 3.05) is 36.0 Å². The van der Waals surface area contributed by atoms with E-state index in [2.05, 4.69) is 57.7 Å². The third kappa shape index (κ3) is 17.0. The van der Waals surface area contributed by atoms with Gasteiger partial charge in [0, 0.05) is 54.4 Å². The van der Waals surface area contributed by atoms with Crippen LogP contribution in [0.25, 0.3) is 10.9 Å². The van der Waals surface area contributed by atoms with Gasteiger partial charge in [-0.15, -0.1) is 11.8 Å². The van der Waals surface area contributed by atoms with E-state index in [-0.39, 0.29) is 73.3 Å². The minimum absolute atomic E-state index is 0.113. The van der Waals surface area contributed by atoms with E-state index >= 15 is 0 Å². The number of H-pyrrole nitrogens is 1. The number of likely N-dealkylation sites (tertiary alicyclic amines) is 1. The number of nitrogens with one attached hydrogen (secondary N) is 7. The van der Waals surface area contributed by atoms with Crippen LogP contribution in [0.4, 0.5) is 21.0 Å². The predicted molar refractivity (Wildman–Crippen MR) is 255 cm³/mol. The molecule has 9 N–H and O–H groups in total. The number of benzene rings is 2. The maximum atomic E-state index is 13.6. The van der Waals surface area contributed by atoms with E-state index in [9.17, 15) is 38.4 Å². The summed E-state index contributed by atoms with van der Waals surface area (Å²) in [5.41, 5.74) is 7.84. The van der Waals surface area contributed by atoms with Crippen LogP contribution < -0.4 is 37.6 Å². The number of thioether (sulfide) groups is 1. The maximum absolute atomic E-state index is 13.6. The number of imide groups is 1. The molecule has 0 radical (unpaired) electrons. The van der Waals surface area contributed by atoms with Gasteiger partial charge in [-0.1, -0.05) is 59.6 Å². The summed E-state index contributed by atoms with van der Waals surface area (Å²) in [6, 6.07) is 11.0. The number of hydrogen-bond donors (Lipinski definition) is 8. The highest BCUT2D eigenvalue weighted by Gasteiger charge is 2.39. The van der Waals surface area contributed by atoms with E-state index in [4.69, 9.17) is 10.5 Å². The Labute approximate surface area is 390 Å². The summed E-state index contributed by atoms with van der Waals surface area (Å²) in [4.78, 5) is 106. The van der Waals surface area contributed by atoms with Crippen molar-refractivity contribution in [2.45, 2.75) is 123 Å². The number of primary amides is 1. The second-order valence-corrected chi connectivity index (χ2v) is 18.5. The normalized spacial score (nSPS) is 15.4. The molecule has 18 nitrogen and oxygen atoms in total. The van der Waals surface area contributed by atoms with Crippen LogP contribution in [-0.2, 0) is 40.1 Å². The first-order chi connectivity index (χ1) is 31.5. The van der Waals surface area contributed by atoms with E-state index in [1.54, 1.807) is 62.1 Å². The fourth-order valence-corrected chi connectivity index (χ4v) is 8.92. The maximum Gasteiger partial charge on any atom is 0.407 e. The lowest BCUT2D eigenvalue weighted by molar-refractivity contribution is -0.138. The van der Waals surface area contributed by atoms with Gasteiger partial charge in [-0.05, 0) is 97.6 Å². The smallest absolute Gasteiger partial charge is 0.407 e. The van der Waals surface area contributed by atoms with E-state index in [1.165, 1.54) is 4.90 Å². The molecule has 1 saturated heterocycles. The summed E-state index contributed by atoms with van der Waals surface area (Å²) in [5.74, 6) is -1.66. The van der Waals surface area contributed by atoms with Crippen LogP contribution in [0.15, 0.2) is 54.7 Å². The van der Waals surface area contributed by atoms with Gasteiger partial charge in [0.2, 0.25) is 35.4 Å². The first kappa shape index (κ1) is 52.5. The van der Waals surface area contributed by atoms with Gasteiger partial charge in [-0.2, -0.15) is 0 Å². The molecule has 0 spiro atoms. The van der Waals surface area contributed by atoms with Crippen LogP contribution in [0, 0.1) is 11.3 Å². The zero-order chi connectivity index (χ0) is 48.2.